The number of aliphatic hydroxyl groups is 1. The second kappa shape index (κ2) is 6.89. The third-order valence-corrected chi connectivity index (χ3v) is 11.3. The Morgan fingerprint density at radius 2 is 1.65 bits per heavy atom. The summed E-state index contributed by atoms with van der Waals surface area (Å²) in [4.78, 5) is 12.9. The van der Waals surface area contributed by atoms with Gasteiger partial charge < -0.3 is 9.84 Å². The number of carbonyl (C=O) groups is 1. The van der Waals surface area contributed by atoms with Crippen LogP contribution in [0.2, 0.25) is 0 Å². The molecule has 0 saturated heterocycles. The van der Waals surface area contributed by atoms with E-state index < -0.39 is 0 Å². The van der Waals surface area contributed by atoms with Crippen molar-refractivity contribution in [3.05, 3.63) is 26.8 Å². The monoisotopic (exact) mass is 382 g/mol. The first-order chi connectivity index (χ1) is 9.72. The Morgan fingerprint density at radius 3 is 2.20 bits per heavy atom. The van der Waals surface area contributed by atoms with E-state index in [1.165, 1.54) is 43.3 Å². The molecule has 1 N–H and O–H groups in total. The van der Waals surface area contributed by atoms with Crippen LogP contribution in [0.15, 0.2) is 26.8 Å². The number of methoxy groups -OCH3 is 1. The first-order valence-electron chi connectivity index (χ1n) is 5.60. The molecule has 0 fully saturated rings. The topological polar surface area (TPSA) is 46.5 Å². The fourth-order valence-corrected chi connectivity index (χ4v) is 10.3. The van der Waals surface area contributed by atoms with Crippen molar-refractivity contribution in [2.45, 2.75) is 0 Å². The lowest BCUT2D eigenvalue weighted by atomic mass is 10.5. The molecule has 0 radical (unpaired) electrons. The summed E-state index contributed by atoms with van der Waals surface area (Å²) in [5.41, 5.74) is 0. The molecule has 20 heavy (non-hydrogen) atoms. The maximum absolute atomic E-state index is 11.7. The number of ether oxygens (including phenoxy) is 1. The van der Waals surface area contributed by atoms with Crippen LogP contribution in [0.3, 0.4) is 0 Å². The van der Waals surface area contributed by atoms with E-state index >= 15 is 0 Å². The highest BCUT2D eigenvalue weighted by Crippen LogP contribution is 2.64. The van der Waals surface area contributed by atoms with E-state index in [-0.39, 0.29) is 12.6 Å². The zero-order valence-corrected chi connectivity index (χ0v) is 15.2. The van der Waals surface area contributed by atoms with Crippen LogP contribution < -0.4 is 0 Å². The number of carbonyl (C=O) groups excluding carboxylic acids is 1. The van der Waals surface area contributed by atoms with Gasteiger partial charge in [0.25, 0.3) is 0 Å². The van der Waals surface area contributed by atoms with E-state index in [0.29, 0.717) is 9.81 Å². The van der Waals surface area contributed by atoms with Crippen LogP contribution in [-0.2, 0) is 9.53 Å². The molecule has 0 aromatic carbocycles. The molecule has 0 amide bonds. The highest BCUT2D eigenvalue weighted by Gasteiger charge is 2.33. The first-order valence-corrected chi connectivity index (χ1v) is 10.8. The fraction of sp³-hybridized carbons (Fsp3) is 0.364. The van der Waals surface area contributed by atoms with Crippen molar-refractivity contribution < 1.29 is 14.6 Å². The molecule has 0 spiro atoms. The van der Waals surface area contributed by atoms with Gasteiger partial charge in [0, 0.05) is 16.4 Å². The van der Waals surface area contributed by atoms with Gasteiger partial charge in [0.1, 0.15) is 4.91 Å². The Balaban J connectivity index is 1.78. The number of hydrogen-bond donors (Lipinski definition) is 1. The van der Waals surface area contributed by atoms with E-state index in [4.69, 9.17) is 4.74 Å². The predicted molar refractivity (Wildman–Crippen MR) is 95.5 cm³/mol. The van der Waals surface area contributed by atoms with Crippen molar-refractivity contribution in [3.8, 4) is 0 Å². The number of hydrogen-bond acceptors (Lipinski definition) is 9. The first kappa shape index (κ1) is 15.6. The normalized spacial score (nSPS) is 22.7. The van der Waals surface area contributed by atoms with Crippen molar-refractivity contribution in [1.29, 1.82) is 0 Å². The van der Waals surface area contributed by atoms with Crippen LogP contribution >= 0.6 is 70.6 Å². The highest BCUT2D eigenvalue weighted by atomic mass is 32.3. The number of esters is 1. The smallest absolute Gasteiger partial charge is 0.345 e. The van der Waals surface area contributed by atoms with Crippen LogP contribution in [0.4, 0.5) is 0 Å². The fourth-order valence-electron chi connectivity index (χ4n) is 1.57. The molecule has 9 heteroatoms. The molecule has 0 saturated carbocycles. The lowest BCUT2D eigenvalue weighted by Gasteiger charge is -2.08. The SMILES string of the molecule is COC(=O)C1=C(CO)SC(=C2SC3=C(SCCS3)S2)S1. The van der Waals surface area contributed by atoms with Gasteiger partial charge in [0.2, 0.25) is 0 Å². The van der Waals surface area contributed by atoms with E-state index in [2.05, 4.69) is 0 Å². The van der Waals surface area contributed by atoms with Gasteiger partial charge in [-0.05, 0) is 0 Å². The van der Waals surface area contributed by atoms with Crippen molar-refractivity contribution in [1.82, 2.24) is 0 Å². The van der Waals surface area contributed by atoms with Crippen molar-refractivity contribution in [2.24, 2.45) is 0 Å². The summed E-state index contributed by atoms with van der Waals surface area (Å²) in [6, 6.07) is 0. The minimum Gasteiger partial charge on any atom is -0.465 e. The van der Waals surface area contributed by atoms with Crippen LogP contribution in [0.5, 0.6) is 0 Å². The summed E-state index contributed by atoms with van der Waals surface area (Å²) in [5.74, 6) is 1.96. The number of thioether (sulfide) groups is 6. The van der Waals surface area contributed by atoms with Crippen molar-refractivity contribution in [3.63, 3.8) is 0 Å². The van der Waals surface area contributed by atoms with Gasteiger partial charge in [-0.1, -0.05) is 47.0 Å². The molecule has 108 valence electrons. The standard InChI is InChI=1S/C11H10O3S6/c1-14-7(13)6-5(4-12)17-10(18-6)11-19-8-9(20-11)16-3-2-15-8/h12H,2-4H2,1H3. The van der Waals surface area contributed by atoms with Gasteiger partial charge in [-0.15, -0.1) is 23.5 Å². The van der Waals surface area contributed by atoms with Gasteiger partial charge in [-0.25, -0.2) is 4.79 Å². The van der Waals surface area contributed by atoms with Crippen LogP contribution in [0.25, 0.3) is 0 Å². The third kappa shape index (κ3) is 3.09. The molecule has 3 nitrogen and oxygen atoms in total. The summed E-state index contributed by atoms with van der Waals surface area (Å²) < 4.78 is 9.84. The largest absolute Gasteiger partial charge is 0.465 e. The van der Waals surface area contributed by atoms with Crippen LogP contribution in [0.1, 0.15) is 0 Å². The molecule has 0 aromatic heterocycles. The van der Waals surface area contributed by atoms with Gasteiger partial charge in [-0.2, -0.15) is 0 Å². The Kier molecular flexibility index (Phi) is 5.39. The Morgan fingerprint density at radius 1 is 1.05 bits per heavy atom. The molecule has 0 bridgehead atoms. The second-order valence-electron chi connectivity index (χ2n) is 3.66. The van der Waals surface area contributed by atoms with Gasteiger partial charge >= 0.3 is 5.97 Å². The molecule has 0 aliphatic carbocycles. The Labute approximate surface area is 142 Å². The molecule has 3 aliphatic heterocycles. The van der Waals surface area contributed by atoms with Gasteiger partial charge in [-0.3, -0.25) is 0 Å². The van der Waals surface area contributed by atoms with Crippen molar-refractivity contribution in [2.75, 3.05) is 25.2 Å². The van der Waals surface area contributed by atoms with E-state index in [0.717, 1.165) is 15.7 Å². The average Bonchev–Trinajstić information content (AvgIpc) is 3.09. The predicted octanol–water partition coefficient (Wildman–Crippen LogP) is 4.06. The molecule has 0 aromatic rings. The molecular weight excluding hydrogens is 373 g/mol. The lowest BCUT2D eigenvalue weighted by molar-refractivity contribution is -0.135. The summed E-state index contributed by atoms with van der Waals surface area (Å²) in [6.07, 6.45) is 0. The summed E-state index contributed by atoms with van der Waals surface area (Å²) in [5, 5.41) is 9.39. The minimum absolute atomic E-state index is 0.120. The summed E-state index contributed by atoms with van der Waals surface area (Å²) in [6.45, 7) is -0.120. The maximum atomic E-state index is 11.7. The molecule has 3 heterocycles. The highest BCUT2D eigenvalue weighted by molar-refractivity contribution is 8.43. The van der Waals surface area contributed by atoms with Gasteiger partial charge in [0.15, 0.2) is 0 Å². The second-order valence-corrected chi connectivity index (χ2v) is 11.1. The molecule has 3 aliphatic rings. The van der Waals surface area contributed by atoms with E-state index in [9.17, 15) is 9.90 Å². The molecule has 0 unspecified atom stereocenters. The number of rotatable bonds is 2. The third-order valence-electron chi connectivity index (χ3n) is 2.43. The summed E-state index contributed by atoms with van der Waals surface area (Å²) in [7, 11) is 1.37. The zero-order valence-electron chi connectivity index (χ0n) is 10.3. The van der Waals surface area contributed by atoms with Crippen molar-refractivity contribution >= 4 is 76.5 Å². The minimum atomic E-state index is -0.364. The van der Waals surface area contributed by atoms with Gasteiger partial charge in [0.05, 0.1) is 30.7 Å². The molecular formula is C11H10O3S6. The Bertz CT molecular complexity index is 530. The quantitative estimate of drug-likeness (QED) is 0.712. The number of aliphatic hydroxyl groups excluding tert-OH is 1. The van der Waals surface area contributed by atoms with E-state index in [1.54, 1.807) is 23.5 Å². The maximum Gasteiger partial charge on any atom is 0.345 e. The average molecular weight is 383 g/mol. The zero-order chi connectivity index (χ0) is 14.1. The summed E-state index contributed by atoms with van der Waals surface area (Å²) >= 11 is 10.3. The van der Waals surface area contributed by atoms with Crippen LogP contribution in [0, 0.1) is 0 Å². The Hall–Kier alpha value is 0.750. The molecule has 0 atom stereocenters. The van der Waals surface area contributed by atoms with Crippen LogP contribution in [-0.4, -0.2) is 36.3 Å². The van der Waals surface area contributed by atoms with E-state index in [1.807, 2.05) is 23.5 Å². The molecule has 3 rings (SSSR count). The lowest BCUT2D eigenvalue weighted by Crippen LogP contribution is -2.03.